The summed E-state index contributed by atoms with van der Waals surface area (Å²) < 4.78 is 38.8. The minimum atomic E-state index is -3.43. The van der Waals surface area contributed by atoms with E-state index in [9.17, 15) is 12.8 Å². The number of rotatable bonds is 1. The minimum absolute atomic E-state index is 0.106. The topological polar surface area (TPSA) is 63.4 Å². The Morgan fingerprint density at radius 1 is 1.56 bits per heavy atom. The Kier molecular flexibility index (Phi) is 2.36. The smallest absolute Gasteiger partial charge is 0.224 e. The van der Waals surface area contributed by atoms with Crippen LogP contribution in [0, 0.1) is 11.7 Å². The molecule has 6 heteroatoms. The van der Waals surface area contributed by atoms with Crippen LogP contribution >= 0.6 is 0 Å². The number of sulfonamides is 1. The van der Waals surface area contributed by atoms with Crippen LogP contribution < -0.4 is 5.73 Å². The van der Waals surface area contributed by atoms with E-state index in [0.29, 0.717) is 25.1 Å². The monoisotopic (exact) mass is 270 g/mol. The van der Waals surface area contributed by atoms with E-state index in [1.54, 1.807) is 13.1 Å². The van der Waals surface area contributed by atoms with Gasteiger partial charge in [-0.2, -0.15) is 4.31 Å². The van der Waals surface area contributed by atoms with Gasteiger partial charge < -0.3 is 5.73 Å². The Morgan fingerprint density at radius 3 is 2.89 bits per heavy atom. The molecule has 2 aliphatic rings. The zero-order valence-corrected chi connectivity index (χ0v) is 10.9. The van der Waals surface area contributed by atoms with Crippen molar-refractivity contribution in [3.63, 3.8) is 0 Å². The first-order valence-corrected chi connectivity index (χ1v) is 7.32. The van der Waals surface area contributed by atoms with Crippen LogP contribution in [-0.2, 0) is 21.3 Å². The maximum absolute atomic E-state index is 13.4. The van der Waals surface area contributed by atoms with Gasteiger partial charge in [0, 0.05) is 13.6 Å². The molecule has 1 heterocycles. The number of hydrogen-bond acceptors (Lipinski definition) is 3. The number of halogens is 1. The maximum Gasteiger partial charge on any atom is 0.224 e. The van der Waals surface area contributed by atoms with Crippen LogP contribution in [0.3, 0.4) is 0 Å². The lowest BCUT2D eigenvalue weighted by atomic mass is 10.0. The second kappa shape index (κ2) is 3.53. The van der Waals surface area contributed by atoms with Crippen LogP contribution in [0.25, 0.3) is 0 Å². The quantitative estimate of drug-likeness (QED) is 0.820. The van der Waals surface area contributed by atoms with E-state index >= 15 is 0 Å². The van der Waals surface area contributed by atoms with Crippen molar-refractivity contribution in [1.29, 1.82) is 0 Å². The molecule has 1 saturated carbocycles. The van der Waals surface area contributed by atoms with Crippen LogP contribution in [0.4, 0.5) is 4.39 Å². The predicted molar refractivity (Wildman–Crippen MR) is 65.6 cm³/mol. The van der Waals surface area contributed by atoms with Gasteiger partial charge in [0.15, 0.2) is 0 Å². The highest BCUT2D eigenvalue weighted by molar-refractivity contribution is 7.90. The first-order valence-electron chi connectivity index (χ1n) is 5.88. The van der Waals surface area contributed by atoms with Gasteiger partial charge in [-0.15, -0.1) is 0 Å². The van der Waals surface area contributed by atoms with E-state index in [-0.39, 0.29) is 5.92 Å². The third-order valence-corrected chi connectivity index (χ3v) is 6.72. The van der Waals surface area contributed by atoms with Gasteiger partial charge in [0.05, 0.1) is 0 Å². The molecule has 0 bridgehead atoms. The summed E-state index contributed by atoms with van der Waals surface area (Å²) in [4.78, 5) is 0. The lowest BCUT2D eigenvalue weighted by molar-refractivity contribution is 0.430. The number of benzene rings is 1. The third kappa shape index (κ3) is 1.28. The van der Waals surface area contributed by atoms with E-state index in [4.69, 9.17) is 5.73 Å². The van der Waals surface area contributed by atoms with Crippen LogP contribution in [0.2, 0.25) is 0 Å². The summed E-state index contributed by atoms with van der Waals surface area (Å²) >= 11 is 0. The molecule has 1 aromatic carbocycles. The van der Waals surface area contributed by atoms with Gasteiger partial charge in [0.25, 0.3) is 0 Å². The SMILES string of the molecule is CN1Cc2ccc(F)cc2C2(CC2CN)S1(=O)=O. The van der Waals surface area contributed by atoms with E-state index in [2.05, 4.69) is 0 Å². The predicted octanol–water partition coefficient (Wildman–Crippen LogP) is 0.775. The van der Waals surface area contributed by atoms with Crippen molar-refractivity contribution >= 4 is 10.0 Å². The normalized spacial score (nSPS) is 33.4. The van der Waals surface area contributed by atoms with Gasteiger partial charge in [-0.25, -0.2) is 12.8 Å². The Bertz CT molecular complexity index is 617. The van der Waals surface area contributed by atoms with Gasteiger partial charge >= 0.3 is 0 Å². The lowest BCUT2D eigenvalue weighted by Crippen LogP contribution is -2.42. The number of fused-ring (bicyclic) bond motifs is 2. The first kappa shape index (κ1) is 12.1. The van der Waals surface area contributed by atoms with Crippen LogP contribution in [-0.4, -0.2) is 26.3 Å². The fourth-order valence-corrected chi connectivity index (χ4v) is 5.31. The average Bonchev–Trinajstić information content (AvgIpc) is 3.05. The van der Waals surface area contributed by atoms with Gasteiger partial charge in [0.1, 0.15) is 10.6 Å². The summed E-state index contributed by atoms with van der Waals surface area (Å²) in [7, 11) is -1.87. The zero-order valence-electron chi connectivity index (χ0n) is 10.1. The molecule has 1 fully saturated rings. The summed E-state index contributed by atoms with van der Waals surface area (Å²) in [5, 5.41) is 0. The van der Waals surface area contributed by atoms with Crippen molar-refractivity contribution in [1.82, 2.24) is 4.31 Å². The summed E-state index contributed by atoms with van der Waals surface area (Å²) in [6.07, 6.45) is 0.493. The third-order valence-electron chi connectivity index (χ3n) is 4.12. The molecule has 0 radical (unpaired) electrons. The molecule has 0 aromatic heterocycles. The molecule has 1 aliphatic carbocycles. The van der Waals surface area contributed by atoms with Crippen molar-refractivity contribution in [2.24, 2.45) is 11.7 Å². The molecule has 1 aliphatic heterocycles. The Balaban J connectivity index is 2.26. The van der Waals surface area contributed by atoms with Gasteiger partial charge in [-0.05, 0) is 42.1 Å². The number of nitrogens with zero attached hydrogens (tertiary/aromatic N) is 1. The fraction of sp³-hybridized carbons (Fsp3) is 0.500. The average molecular weight is 270 g/mol. The molecule has 4 nitrogen and oxygen atoms in total. The van der Waals surface area contributed by atoms with Crippen LogP contribution in [0.1, 0.15) is 17.5 Å². The van der Waals surface area contributed by atoms with Crippen molar-refractivity contribution in [2.45, 2.75) is 17.7 Å². The molecule has 0 saturated heterocycles. The van der Waals surface area contributed by atoms with Crippen molar-refractivity contribution in [3.05, 3.63) is 35.1 Å². The molecule has 1 aromatic rings. The van der Waals surface area contributed by atoms with Crippen molar-refractivity contribution in [2.75, 3.05) is 13.6 Å². The second-order valence-electron chi connectivity index (χ2n) is 5.09. The Morgan fingerprint density at radius 2 is 2.28 bits per heavy atom. The minimum Gasteiger partial charge on any atom is -0.330 e. The van der Waals surface area contributed by atoms with E-state index in [1.807, 2.05) is 0 Å². The van der Waals surface area contributed by atoms with E-state index in [0.717, 1.165) is 5.56 Å². The molecule has 2 atom stereocenters. The van der Waals surface area contributed by atoms with E-state index < -0.39 is 20.6 Å². The molecule has 2 unspecified atom stereocenters. The van der Waals surface area contributed by atoms with E-state index in [1.165, 1.54) is 16.4 Å². The maximum atomic E-state index is 13.4. The zero-order chi connectivity index (χ0) is 13.1. The summed E-state index contributed by atoms with van der Waals surface area (Å²) in [6, 6.07) is 4.40. The van der Waals surface area contributed by atoms with Gasteiger partial charge in [0.2, 0.25) is 10.0 Å². The molecular formula is C12H15FN2O2S. The van der Waals surface area contributed by atoms with Gasteiger partial charge in [-0.3, -0.25) is 0 Å². The molecule has 18 heavy (non-hydrogen) atoms. The van der Waals surface area contributed by atoms with Crippen molar-refractivity contribution < 1.29 is 12.8 Å². The van der Waals surface area contributed by atoms with Crippen LogP contribution in [0.15, 0.2) is 18.2 Å². The summed E-state index contributed by atoms with van der Waals surface area (Å²) in [6.45, 7) is 0.611. The largest absolute Gasteiger partial charge is 0.330 e. The van der Waals surface area contributed by atoms with Crippen molar-refractivity contribution in [3.8, 4) is 0 Å². The summed E-state index contributed by atoms with van der Waals surface area (Å²) in [5.41, 5.74) is 7.11. The fourth-order valence-electron chi connectivity index (χ4n) is 3.05. The van der Waals surface area contributed by atoms with Gasteiger partial charge in [-0.1, -0.05) is 6.07 Å². The molecule has 2 N–H and O–H groups in total. The summed E-state index contributed by atoms with van der Waals surface area (Å²) in [5.74, 6) is -0.499. The highest BCUT2D eigenvalue weighted by Crippen LogP contribution is 2.61. The number of nitrogens with two attached hydrogens (primary N) is 1. The lowest BCUT2D eigenvalue weighted by Gasteiger charge is -2.33. The standard InChI is InChI=1S/C12H15FN2O2S/c1-15-7-8-2-3-10(13)4-11(8)12(18(15,16)17)5-9(12)6-14/h2-4,9H,5-7,14H2,1H3. The highest BCUT2D eigenvalue weighted by Gasteiger charge is 2.67. The Labute approximate surface area is 106 Å². The Hall–Kier alpha value is -0.980. The molecule has 98 valence electrons. The molecular weight excluding hydrogens is 255 g/mol. The first-order chi connectivity index (χ1) is 8.43. The highest BCUT2D eigenvalue weighted by atomic mass is 32.2. The molecule has 3 rings (SSSR count). The number of hydrogen-bond donors (Lipinski definition) is 1. The van der Waals surface area contributed by atoms with Crippen LogP contribution in [0.5, 0.6) is 0 Å². The second-order valence-corrected chi connectivity index (χ2v) is 7.39. The molecule has 0 amide bonds. The molecule has 1 spiro atoms.